The van der Waals surface area contributed by atoms with Crippen molar-refractivity contribution < 1.29 is 14.1 Å². The number of aryl methyl sites for hydroxylation is 2. The maximum Gasteiger partial charge on any atom is 0.292 e. The van der Waals surface area contributed by atoms with Gasteiger partial charge < -0.3 is 14.2 Å². The van der Waals surface area contributed by atoms with E-state index in [0.717, 1.165) is 18.5 Å². The van der Waals surface area contributed by atoms with Crippen molar-refractivity contribution in [2.24, 2.45) is 0 Å². The Morgan fingerprint density at radius 3 is 3.09 bits per heavy atom. The van der Waals surface area contributed by atoms with Crippen LogP contribution in [0.15, 0.2) is 29.2 Å². The third kappa shape index (κ3) is 3.30. The molecule has 3 heterocycles. The Bertz CT molecular complexity index is 629. The van der Waals surface area contributed by atoms with E-state index in [-0.39, 0.29) is 17.7 Å². The molecule has 1 aliphatic heterocycles. The first-order valence-electron chi connectivity index (χ1n) is 7.31. The van der Waals surface area contributed by atoms with E-state index in [0.29, 0.717) is 25.5 Å². The second kappa shape index (κ2) is 6.65. The van der Waals surface area contributed by atoms with Crippen molar-refractivity contribution in [3.63, 3.8) is 0 Å². The Morgan fingerprint density at radius 2 is 2.36 bits per heavy atom. The molecule has 7 heteroatoms. The third-order valence-electron chi connectivity index (χ3n) is 3.68. The first-order valence-corrected chi connectivity index (χ1v) is 7.31. The van der Waals surface area contributed by atoms with Crippen LogP contribution in [0.3, 0.4) is 0 Å². The molecule has 0 spiro atoms. The lowest BCUT2D eigenvalue weighted by Gasteiger charge is -2.35. The van der Waals surface area contributed by atoms with Crippen molar-refractivity contribution in [1.82, 2.24) is 20.0 Å². The summed E-state index contributed by atoms with van der Waals surface area (Å²) in [5.74, 6) is 0.150. The van der Waals surface area contributed by atoms with Crippen LogP contribution in [-0.4, -0.2) is 51.7 Å². The predicted molar refractivity (Wildman–Crippen MR) is 77.2 cm³/mol. The average Bonchev–Trinajstić information content (AvgIpc) is 3.00. The highest BCUT2D eigenvalue weighted by molar-refractivity contribution is 5.91. The van der Waals surface area contributed by atoms with Gasteiger partial charge in [-0.2, -0.15) is 0 Å². The van der Waals surface area contributed by atoms with Crippen LogP contribution in [0, 0.1) is 6.92 Å². The molecular weight excluding hydrogens is 284 g/mol. The number of hydrogen-bond acceptors (Lipinski definition) is 6. The lowest BCUT2D eigenvalue weighted by molar-refractivity contribution is -0.00603. The Balaban J connectivity index is 1.67. The van der Waals surface area contributed by atoms with Gasteiger partial charge in [-0.1, -0.05) is 5.16 Å². The number of morpholine rings is 1. The first kappa shape index (κ1) is 14.6. The molecule has 0 saturated carbocycles. The predicted octanol–water partition coefficient (Wildman–Crippen LogP) is 1.25. The van der Waals surface area contributed by atoms with Crippen LogP contribution in [0.4, 0.5) is 0 Å². The van der Waals surface area contributed by atoms with Crippen LogP contribution < -0.4 is 0 Å². The molecule has 1 atom stereocenters. The molecule has 1 saturated heterocycles. The van der Waals surface area contributed by atoms with Crippen LogP contribution in [0.2, 0.25) is 0 Å². The van der Waals surface area contributed by atoms with Gasteiger partial charge in [-0.15, -0.1) is 0 Å². The van der Waals surface area contributed by atoms with Gasteiger partial charge in [0.25, 0.3) is 5.91 Å². The van der Waals surface area contributed by atoms with E-state index < -0.39 is 0 Å². The highest BCUT2D eigenvalue weighted by Gasteiger charge is 2.30. The minimum atomic E-state index is -0.131. The topological polar surface area (TPSA) is 81.4 Å². The molecule has 1 fully saturated rings. The number of ether oxygens (including phenoxy) is 1. The van der Waals surface area contributed by atoms with Crippen LogP contribution >= 0.6 is 0 Å². The molecule has 0 N–H and O–H groups in total. The second-order valence-electron chi connectivity index (χ2n) is 5.30. The molecule has 7 nitrogen and oxygen atoms in total. The largest absolute Gasteiger partial charge is 0.377 e. The molecule has 0 unspecified atom stereocenters. The van der Waals surface area contributed by atoms with E-state index in [9.17, 15) is 4.79 Å². The molecule has 0 aliphatic carbocycles. The number of aromatic nitrogens is 3. The summed E-state index contributed by atoms with van der Waals surface area (Å²) >= 11 is 0. The Kier molecular flexibility index (Phi) is 4.43. The SMILES string of the molecule is Cc1cc(C(=O)N2CCOC[C@@H]2CCc2cnccn2)on1. The Hall–Kier alpha value is -2.28. The van der Waals surface area contributed by atoms with E-state index in [1.54, 1.807) is 36.5 Å². The molecule has 116 valence electrons. The summed E-state index contributed by atoms with van der Waals surface area (Å²) in [5.41, 5.74) is 1.61. The van der Waals surface area contributed by atoms with Crippen molar-refractivity contribution in [2.75, 3.05) is 19.8 Å². The molecule has 0 aromatic carbocycles. The molecule has 2 aromatic heterocycles. The molecule has 3 rings (SSSR count). The number of hydrogen-bond donors (Lipinski definition) is 0. The fraction of sp³-hybridized carbons (Fsp3) is 0.467. The van der Waals surface area contributed by atoms with Gasteiger partial charge in [0.1, 0.15) is 0 Å². The van der Waals surface area contributed by atoms with Crippen molar-refractivity contribution in [2.45, 2.75) is 25.8 Å². The lowest BCUT2D eigenvalue weighted by atomic mass is 10.1. The summed E-state index contributed by atoms with van der Waals surface area (Å²) < 4.78 is 10.6. The van der Waals surface area contributed by atoms with Gasteiger partial charge in [-0.05, 0) is 19.8 Å². The number of carbonyl (C=O) groups is 1. The summed E-state index contributed by atoms with van der Waals surface area (Å²) in [6.07, 6.45) is 6.59. The number of carbonyl (C=O) groups excluding carboxylic acids is 1. The highest BCUT2D eigenvalue weighted by atomic mass is 16.5. The van der Waals surface area contributed by atoms with Gasteiger partial charge in [0, 0.05) is 31.2 Å². The van der Waals surface area contributed by atoms with Crippen molar-refractivity contribution >= 4 is 5.91 Å². The molecule has 1 amide bonds. The van der Waals surface area contributed by atoms with Crippen LogP contribution in [0.5, 0.6) is 0 Å². The van der Waals surface area contributed by atoms with E-state index in [2.05, 4.69) is 15.1 Å². The maximum absolute atomic E-state index is 12.5. The molecule has 0 bridgehead atoms. The smallest absolute Gasteiger partial charge is 0.292 e. The van der Waals surface area contributed by atoms with Gasteiger partial charge in [-0.25, -0.2) is 0 Å². The minimum absolute atomic E-state index is 0.00802. The summed E-state index contributed by atoms with van der Waals surface area (Å²) in [6.45, 7) is 3.43. The van der Waals surface area contributed by atoms with E-state index >= 15 is 0 Å². The summed E-state index contributed by atoms with van der Waals surface area (Å²) in [4.78, 5) is 22.7. The van der Waals surface area contributed by atoms with Crippen LogP contribution in [0.1, 0.15) is 28.4 Å². The summed E-state index contributed by atoms with van der Waals surface area (Å²) in [5, 5.41) is 3.78. The summed E-state index contributed by atoms with van der Waals surface area (Å²) in [7, 11) is 0. The quantitative estimate of drug-likeness (QED) is 0.845. The maximum atomic E-state index is 12.5. The number of nitrogens with zero attached hydrogens (tertiary/aromatic N) is 4. The number of rotatable bonds is 4. The molecule has 0 radical (unpaired) electrons. The minimum Gasteiger partial charge on any atom is -0.377 e. The molecule has 2 aromatic rings. The van der Waals surface area contributed by atoms with Crippen LogP contribution in [0.25, 0.3) is 0 Å². The molecule has 22 heavy (non-hydrogen) atoms. The van der Waals surface area contributed by atoms with Gasteiger partial charge in [0.2, 0.25) is 5.76 Å². The van der Waals surface area contributed by atoms with Gasteiger partial charge in [0.15, 0.2) is 0 Å². The third-order valence-corrected chi connectivity index (χ3v) is 3.68. The van der Waals surface area contributed by atoms with Crippen molar-refractivity contribution in [1.29, 1.82) is 0 Å². The monoisotopic (exact) mass is 302 g/mol. The van der Waals surface area contributed by atoms with Gasteiger partial charge >= 0.3 is 0 Å². The van der Waals surface area contributed by atoms with Crippen molar-refractivity contribution in [3.05, 3.63) is 41.8 Å². The molecular formula is C15H18N4O3. The lowest BCUT2D eigenvalue weighted by Crippen LogP contribution is -2.48. The van der Waals surface area contributed by atoms with Gasteiger partial charge in [-0.3, -0.25) is 14.8 Å². The Morgan fingerprint density at radius 1 is 1.45 bits per heavy atom. The zero-order valence-corrected chi connectivity index (χ0v) is 12.4. The fourth-order valence-corrected chi connectivity index (χ4v) is 2.54. The van der Waals surface area contributed by atoms with Crippen LogP contribution in [-0.2, 0) is 11.2 Å². The van der Waals surface area contributed by atoms with Crippen molar-refractivity contribution in [3.8, 4) is 0 Å². The fourth-order valence-electron chi connectivity index (χ4n) is 2.54. The zero-order chi connectivity index (χ0) is 15.4. The van der Waals surface area contributed by atoms with E-state index in [1.165, 1.54) is 0 Å². The second-order valence-corrected chi connectivity index (χ2v) is 5.30. The normalized spacial score (nSPS) is 18.4. The zero-order valence-electron chi connectivity index (χ0n) is 12.4. The first-order chi connectivity index (χ1) is 10.7. The standard InChI is InChI=1S/C15H18N4O3/c1-11-8-14(22-18-11)15(20)19-6-7-21-10-13(19)3-2-12-9-16-4-5-17-12/h4-5,8-9,13H,2-3,6-7,10H2,1H3/t13-/m0/s1. The van der Waals surface area contributed by atoms with E-state index in [4.69, 9.17) is 9.26 Å². The molecule has 1 aliphatic rings. The van der Waals surface area contributed by atoms with E-state index in [1.807, 2.05) is 0 Å². The average molecular weight is 302 g/mol. The summed E-state index contributed by atoms with van der Waals surface area (Å²) in [6, 6.07) is 1.67. The Labute approximate surface area is 128 Å². The van der Waals surface area contributed by atoms with Gasteiger partial charge in [0.05, 0.1) is 30.6 Å². The highest BCUT2D eigenvalue weighted by Crippen LogP contribution is 2.17. The number of amides is 1.